The van der Waals surface area contributed by atoms with Crippen molar-refractivity contribution < 1.29 is 19.1 Å². The van der Waals surface area contributed by atoms with Gasteiger partial charge in [-0.1, -0.05) is 42.5 Å². The summed E-state index contributed by atoms with van der Waals surface area (Å²) < 4.78 is 11.2. The quantitative estimate of drug-likeness (QED) is 0.552. The van der Waals surface area contributed by atoms with E-state index in [1.165, 1.54) is 0 Å². The first-order valence-electron chi connectivity index (χ1n) is 9.61. The summed E-state index contributed by atoms with van der Waals surface area (Å²) in [6, 6.07) is 17.0. The fraction of sp³-hybridized carbons (Fsp3) is 0.364. The summed E-state index contributed by atoms with van der Waals surface area (Å²) in [5.41, 5.74) is 0.968. The van der Waals surface area contributed by atoms with Crippen molar-refractivity contribution in [1.82, 2.24) is 10.6 Å². The largest absolute Gasteiger partial charge is 0.490 e. The highest BCUT2D eigenvalue weighted by Gasteiger charge is 2.06. The number of benzene rings is 2. The molecule has 0 saturated carbocycles. The van der Waals surface area contributed by atoms with Crippen LogP contribution >= 0.6 is 0 Å². The minimum atomic E-state index is -0.0565. The van der Waals surface area contributed by atoms with Crippen LogP contribution < -0.4 is 20.1 Å². The first-order chi connectivity index (χ1) is 13.7. The van der Waals surface area contributed by atoms with Crippen molar-refractivity contribution in [1.29, 1.82) is 0 Å². The third-order valence-corrected chi connectivity index (χ3v) is 3.93. The van der Waals surface area contributed by atoms with E-state index in [1.54, 1.807) is 0 Å². The minimum absolute atomic E-state index is 0.0539. The number of nitrogens with one attached hydrogen (secondary N) is 2. The number of amides is 2. The van der Waals surface area contributed by atoms with Gasteiger partial charge in [-0.2, -0.15) is 0 Å². The van der Waals surface area contributed by atoms with E-state index < -0.39 is 0 Å². The molecule has 0 fully saturated rings. The molecule has 2 aromatic rings. The fourth-order valence-electron chi connectivity index (χ4n) is 2.59. The van der Waals surface area contributed by atoms with Crippen molar-refractivity contribution in [3.05, 3.63) is 60.2 Å². The average molecular weight is 384 g/mol. The lowest BCUT2D eigenvalue weighted by Crippen LogP contribution is -2.35. The smallest absolute Gasteiger partial charge is 0.224 e. The summed E-state index contributed by atoms with van der Waals surface area (Å²) in [5.74, 6) is 1.28. The predicted octanol–water partition coefficient (Wildman–Crippen LogP) is 2.72. The van der Waals surface area contributed by atoms with Crippen LogP contribution in [-0.4, -0.2) is 38.1 Å². The molecule has 0 saturated heterocycles. The number of rotatable bonds is 12. The van der Waals surface area contributed by atoms with Gasteiger partial charge in [0, 0.05) is 19.5 Å². The van der Waals surface area contributed by atoms with Crippen LogP contribution in [0.15, 0.2) is 54.6 Å². The number of ether oxygens (including phenoxy) is 2. The van der Waals surface area contributed by atoms with Gasteiger partial charge in [0.1, 0.15) is 0 Å². The molecule has 2 aromatic carbocycles. The van der Waals surface area contributed by atoms with E-state index in [0.29, 0.717) is 57.1 Å². The number of hydrogen-bond donors (Lipinski definition) is 2. The maximum absolute atomic E-state index is 11.9. The molecule has 6 heteroatoms. The van der Waals surface area contributed by atoms with Crippen LogP contribution in [0.25, 0.3) is 0 Å². The minimum Gasteiger partial charge on any atom is -0.490 e. The Morgan fingerprint density at radius 3 is 2.11 bits per heavy atom. The zero-order valence-electron chi connectivity index (χ0n) is 16.3. The van der Waals surface area contributed by atoms with Crippen molar-refractivity contribution >= 4 is 11.8 Å². The highest BCUT2D eigenvalue weighted by molar-refractivity contribution is 5.78. The van der Waals surface area contributed by atoms with E-state index >= 15 is 0 Å². The Balaban J connectivity index is 1.54. The number of hydrogen-bond acceptors (Lipinski definition) is 4. The van der Waals surface area contributed by atoms with E-state index in [1.807, 2.05) is 61.5 Å². The molecule has 0 bridgehead atoms. The Bertz CT molecular complexity index is 734. The molecule has 0 aliphatic heterocycles. The molecule has 0 unspecified atom stereocenters. The van der Waals surface area contributed by atoms with Crippen molar-refractivity contribution in [2.24, 2.45) is 0 Å². The second kappa shape index (κ2) is 12.4. The first-order valence-corrected chi connectivity index (χ1v) is 9.61. The molecule has 2 rings (SSSR count). The molecule has 0 aromatic heterocycles. The second-order valence-electron chi connectivity index (χ2n) is 6.19. The lowest BCUT2D eigenvalue weighted by atomic mass is 10.1. The highest BCUT2D eigenvalue weighted by atomic mass is 16.5. The molecular formula is C22H28N2O4. The molecular weight excluding hydrogens is 356 g/mol. The van der Waals surface area contributed by atoms with E-state index in [2.05, 4.69) is 10.6 Å². The maximum atomic E-state index is 11.9. The third kappa shape index (κ3) is 8.12. The molecule has 6 nitrogen and oxygen atoms in total. The van der Waals surface area contributed by atoms with Gasteiger partial charge in [-0.15, -0.1) is 0 Å². The summed E-state index contributed by atoms with van der Waals surface area (Å²) >= 11 is 0. The molecule has 0 heterocycles. The highest BCUT2D eigenvalue weighted by Crippen LogP contribution is 2.26. The summed E-state index contributed by atoms with van der Waals surface area (Å²) in [6.45, 7) is 3.75. The first kappa shape index (κ1) is 21.3. The van der Waals surface area contributed by atoms with E-state index in [9.17, 15) is 9.59 Å². The molecule has 150 valence electrons. The van der Waals surface area contributed by atoms with Gasteiger partial charge in [0.05, 0.1) is 19.6 Å². The van der Waals surface area contributed by atoms with Gasteiger partial charge in [0.25, 0.3) is 0 Å². The van der Waals surface area contributed by atoms with Gasteiger partial charge in [0.2, 0.25) is 11.8 Å². The van der Waals surface area contributed by atoms with Gasteiger partial charge in [0.15, 0.2) is 11.5 Å². The van der Waals surface area contributed by atoms with Crippen LogP contribution in [0.1, 0.15) is 25.3 Å². The average Bonchev–Trinajstić information content (AvgIpc) is 2.71. The molecule has 28 heavy (non-hydrogen) atoms. The summed E-state index contributed by atoms with van der Waals surface area (Å²) in [4.78, 5) is 23.7. The monoisotopic (exact) mass is 384 g/mol. The number of carbonyl (C=O) groups excluding carboxylic acids is 2. The molecule has 2 amide bonds. The summed E-state index contributed by atoms with van der Waals surface area (Å²) in [6.07, 6.45) is 1.32. The SMILES string of the molecule is CCOc1ccccc1OCCCC(=O)NCCNC(=O)Cc1ccccc1. The molecule has 0 spiro atoms. The zero-order valence-corrected chi connectivity index (χ0v) is 16.3. The normalized spacial score (nSPS) is 10.2. The Hall–Kier alpha value is -3.02. The van der Waals surface area contributed by atoms with Gasteiger partial charge in [-0.3, -0.25) is 9.59 Å². The van der Waals surface area contributed by atoms with Crippen molar-refractivity contribution in [3.8, 4) is 11.5 Å². The van der Waals surface area contributed by atoms with E-state index in [0.717, 1.165) is 5.56 Å². The fourth-order valence-corrected chi connectivity index (χ4v) is 2.59. The van der Waals surface area contributed by atoms with Crippen LogP contribution in [-0.2, 0) is 16.0 Å². The van der Waals surface area contributed by atoms with Crippen molar-refractivity contribution in [3.63, 3.8) is 0 Å². The van der Waals surface area contributed by atoms with E-state index in [-0.39, 0.29) is 11.8 Å². The predicted molar refractivity (Wildman–Crippen MR) is 109 cm³/mol. The standard InChI is InChI=1S/C22H28N2O4/c1-2-27-19-11-6-7-12-20(19)28-16-8-13-21(25)23-14-15-24-22(26)17-18-9-4-3-5-10-18/h3-7,9-12H,2,8,13-17H2,1H3,(H,23,25)(H,24,26). The molecule has 2 N–H and O–H groups in total. The topological polar surface area (TPSA) is 76.7 Å². The molecule has 0 aliphatic carbocycles. The Morgan fingerprint density at radius 1 is 0.821 bits per heavy atom. The Labute approximate surface area is 166 Å². The summed E-state index contributed by atoms with van der Waals surface area (Å²) in [5, 5.41) is 5.60. The maximum Gasteiger partial charge on any atom is 0.224 e. The second-order valence-corrected chi connectivity index (χ2v) is 6.19. The molecule has 0 atom stereocenters. The lowest BCUT2D eigenvalue weighted by molar-refractivity contribution is -0.122. The van der Waals surface area contributed by atoms with Crippen LogP contribution in [0.5, 0.6) is 11.5 Å². The van der Waals surface area contributed by atoms with Gasteiger partial charge in [-0.05, 0) is 31.0 Å². The van der Waals surface area contributed by atoms with Gasteiger partial charge < -0.3 is 20.1 Å². The zero-order chi connectivity index (χ0) is 20.0. The number of carbonyl (C=O) groups is 2. The number of para-hydroxylation sites is 2. The molecule has 0 radical (unpaired) electrons. The van der Waals surface area contributed by atoms with Crippen molar-refractivity contribution in [2.75, 3.05) is 26.3 Å². The van der Waals surface area contributed by atoms with Crippen LogP contribution in [0, 0.1) is 0 Å². The van der Waals surface area contributed by atoms with Crippen molar-refractivity contribution in [2.45, 2.75) is 26.2 Å². The summed E-state index contributed by atoms with van der Waals surface area (Å²) in [7, 11) is 0. The Morgan fingerprint density at radius 2 is 1.43 bits per heavy atom. The van der Waals surface area contributed by atoms with E-state index in [4.69, 9.17) is 9.47 Å². The Kier molecular flexibility index (Phi) is 9.41. The molecule has 0 aliphatic rings. The van der Waals surface area contributed by atoms with Crippen LogP contribution in [0.3, 0.4) is 0 Å². The van der Waals surface area contributed by atoms with Crippen LogP contribution in [0.4, 0.5) is 0 Å². The van der Waals surface area contributed by atoms with Gasteiger partial charge in [-0.25, -0.2) is 0 Å². The van der Waals surface area contributed by atoms with Crippen LogP contribution in [0.2, 0.25) is 0 Å². The van der Waals surface area contributed by atoms with Gasteiger partial charge >= 0.3 is 0 Å². The lowest BCUT2D eigenvalue weighted by Gasteiger charge is -2.11. The third-order valence-electron chi connectivity index (χ3n) is 3.93.